The summed E-state index contributed by atoms with van der Waals surface area (Å²) in [6, 6.07) is 16.4. The predicted octanol–water partition coefficient (Wildman–Crippen LogP) is 4.37. The van der Waals surface area contributed by atoms with Gasteiger partial charge in [0.1, 0.15) is 11.8 Å². The van der Waals surface area contributed by atoms with Crippen molar-refractivity contribution in [2.24, 2.45) is 11.8 Å². The van der Waals surface area contributed by atoms with Crippen LogP contribution in [0.2, 0.25) is 0 Å². The Hall–Kier alpha value is -3.04. The highest BCUT2D eigenvalue weighted by atomic mass is 32.2. The molecule has 8 nitrogen and oxygen atoms in total. The molecule has 3 aliphatic heterocycles. The van der Waals surface area contributed by atoms with Crippen LogP contribution in [0.3, 0.4) is 0 Å². The number of fused-ring (bicyclic) bond motifs is 1. The van der Waals surface area contributed by atoms with Gasteiger partial charge in [-0.05, 0) is 69.4 Å². The fraction of sp³-hybridized carbons (Fsp3) is 0.531. The Kier molecular flexibility index (Phi) is 8.94. The first-order chi connectivity index (χ1) is 19.8. The number of aliphatic hydroxyl groups excluding tert-OH is 1. The number of thioether (sulfide) groups is 1. The fourth-order valence-corrected chi connectivity index (χ4v) is 9.37. The average molecular weight is 580 g/mol. The Morgan fingerprint density at radius 3 is 2.46 bits per heavy atom. The van der Waals surface area contributed by atoms with Gasteiger partial charge in [0.15, 0.2) is 0 Å². The molecule has 3 saturated heterocycles. The molecule has 0 radical (unpaired) electrons. The first-order valence-corrected chi connectivity index (χ1v) is 15.6. The number of amides is 3. The number of hydrogen-bond acceptors (Lipinski definition) is 6. The zero-order valence-corrected chi connectivity index (χ0v) is 24.8. The van der Waals surface area contributed by atoms with Gasteiger partial charge >= 0.3 is 0 Å². The van der Waals surface area contributed by atoms with Gasteiger partial charge in [-0.3, -0.25) is 14.4 Å². The maximum atomic E-state index is 14.2. The molecule has 5 atom stereocenters. The van der Waals surface area contributed by atoms with Crippen LogP contribution in [0.5, 0.6) is 5.75 Å². The summed E-state index contributed by atoms with van der Waals surface area (Å²) in [5.41, 5.74) is 1.66. The second-order valence-corrected chi connectivity index (χ2v) is 13.4. The van der Waals surface area contributed by atoms with E-state index in [2.05, 4.69) is 17.6 Å². The largest absolute Gasteiger partial charge is 0.494 e. The van der Waals surface area contributed by atoms with Gasteiger partial charge in [0.25, 0.3) is 0 Å². The van der Waals surface area contributed by atoms with Crippen molar-refractivity contribution >= 4 is 35.2 Å². The van der Waals surface area contributed by atoms with E-state index in [1.165, 1.54) is 0 Å². The second kappa shape index (κ2) is 12.4. The summed E-state index contributed by atoms with van der Waals surface area (Å²) in [5, 5.41) is 15.3. The summed E-state index contributed by atoms with van der Waals surface area (Å²) in [6.07, 6.45) is 4.72. The van der Waals surface area contributed by atoms with Crippen LogP contribution in [-0.2, 0) is 20.9 Å². The zero-order valence-electron chi connectivity index (χ0n) is 23.9. The van der Waals surface area contributed by atoms with Crippen molar-refractivity contribution in [3.63, 3.8) is 0 Å². The molecule has 2 aromatic carbocycles. The number of hydrogen-bond donors (Lipinski definition) is 3. The lowest BCUT2D eigenvalue weighted by atomic mass is 9.66. The molecular weight excluding hydrogens is 538 g/mol. The van der Waals surface area contributed by atoms with Crippen LogP contribution in [0.15, 0.2) is 54.6 Å². The van der Waals surface area contributed by atoms with Crippen molar-refractivity contribution in [2.75, 3.05) is 25.1 Å². The van der Waals surface area contributed by atoms with Crippen LogP contribution < -0.4 is 15.4 Å². The normalized spacial score (nSPS) is 28.0. The van der Waals surface area contributed by atoms with E-state index in [-0.39, 0.29) is 24.3 Å². The van der Waals surface area contributed by atoms with Crippen molar-refractivity contribution in [1.82, 2.24) is 10.2 Å². The van der Waals surface area contributed by atoms with E-state index in [0.717, 1.165) is 49.8 Å². The molecular formula is C32H41N3O5S. The average Bonchev–Trinajstić information content (AvgIpc) is 3.54. The number of aliphatic hydroxyl groups is 1. The number of likely N-dealkylation sites (tertiary alicyclic amines) is 1. The van der Waals surface area contributed by atoms with Gasteiger partial charge in [0.2, 0.25) is 17.7 Å². The lowest BCUT2D eigenvalue weighted by molar-refractivity contribution is -0.139. The first-order valence-electron chi connectivity index (χ1n) is 14.8. The number of carbonyl (C=O) groups excluding carboxylic acids is 3. The molecule has 0 saturated carbocycles. The molecule has 0 aromatic heterocycles. The minimum absolute atomic E-state index is 0.0882. The van der Waals surface area contributed by atoms with Crippen LogP contribution >= 0.6 is 11.8 Å². The Morgan fingerprint density at radius 1 is 1.02 bits per heavy atom. The van der Waals surface area contributed by atoms with E-state index in [4.69, 9.17) is 9.84 Å². The molecule has 41 heavy (non-hydrogen) atoms. The Labute approximate surface area is 246 Å². The highest BCUT2D eigenvalue weighted by molar-refractivity contribution is 8.02. The molecule has 220 valence electrons. The summed E-state index contributed by atoms with van der Waals surface area (Å²) in [4.78, 5) is 43.8. The number of unbranched alkanes of at least 4 members (excludes halogenated alkanes) is 3. The van der Waals surface area contributed by atoms with E-state index in [1.54, 1.807) is 16.7 Å². The number of anilines is 1. The molecule has 3 fully saturated rings. The minimum Gasteiger partial charge on any atom is -0.494 e. The summed E-state index contributed by atoms with van der Waals surface area (Å²) >= 11 is 1.68. The number of ether oxygens (including phenoxy) is 1. The number of carbonyl (C=O) groups is 3. The molecule has 2 aromatic rings. The smallest absolute Gasteiger partial charge is 0.244 e. The fourth-order valence-electron chi connectivity index (χ4n) is 7.02. The third-order valence-electron chi connectivity index (χ3n) is 8.86. The van der Waals surface area contributed by atoms with Gasteiger partial charge in [-0.1, -0.05) is 43.2 Å². The van der Waals surface area contributed by atoms with Crippen LogP contribution in [0.1, 0.15) is 57.9 Å². The van der Waals surface area contributed by atoms with Crippen molar-refractivity contribution in [3.05, 3.63) is 60.2 Å². The minimum atomic E-state index is -0.640. The van der Waals surface area contributed by atoms with E-state index in [0.29, 0.717) is 25.4 Å². The standard InChI is InChI=1S/C32H41N3O5S/c1-3-40-24-15-13-23(14-16-24)34-28(37)25-26-30(39)35(19-9-4-5-10-20-36)27(32(26)18-17-31(25,2)41-32)29(38)33-21-22-11-7-6-8-12-22/h6-8,11-16,25-27,36H,3-5,9-10,17-21H2,1-2H3,(H,33,38)(H,34,37)/t25-,26-,27?,31+,32?/m0/s1. The van der Waals surface area contributed by atoms with Gasteiger partial charge in [0, 0.05) is 30.1 Å². The lowest BCUT2D eigenvalue weighted by Crippen LogP contribution is -2.53. The van der Waals surface area contributed by atoms with Crippen molar-refractivity contribution in [3.8, 4) is 5.75 Å². The van der Waals surface area contributed by atoms with Crippen molar-refractivity contribution in [1.29, 1.82) is 0 Å². The zero-order chi connectivity index (χ0) is 29.0. The third kappa shape index (κ3) is 5.71. The molecule has 2 bridgehead atoms. The SMILES string of the molecule is CCOc1ccc(NC(=O)[C@@H]2[C@H]3C(=O)N(CCCCCCO)C(C(=O)NCc4ccccc4)C34CC[C@@]2(C)S4)cc1. The molecule has 3 aliphatic rings. The summed E-state index contributed by atoms with van der Waals surface area (Å²) < 4.78 is 4.45. The molecule has 3 heterocycles. The van der Waals surface area contributed by atoms with E-state index in [9.17, 15) is 14.4 Å². The lowest BCUT2D eigenvalue weighted by Gasteiger charge is -2.35. The summed E-state index contributed by atoms with van der Waals surface area (Å²) in [5.74, 6) is -0.767. The monoisotopic (exact) mass is 579 g/mol. The molecule has 0 aliphatic carbocycles. The van der Waals surface area contributed by atoms with Crippen molar-refractivity contribution in [2.45, 2.75) is 74.5 Å². The number of nitrogens with zero attached hydrogens (tertiary/aromatic N) is 1. The molecule has 5 rings (SSSR count). The summed E-state index contributed by atoms with van der Waals surface area (Å²) in [6.45, 7) is 5.57. The molecule has 2 unspecified atom stereocenters. The van der Waals surface area contributed by atoms with Gasteiger partial charge in [0.05, 0.1) is 23.2 Å². The predicted molar refractivity (Wildman–Crippen MR) is 161 cm³/mol. The topological polar surface area (TPSA) is 108 Å². The third-order valence-corrected chi connectivity index (χ3v) is 10.8. The van der Waals surface area contributed by atoms with Gasteiger partial charge < -0.3 is 25.4 Å². The quantitative estimate of drug-likeness (QED) is 0.304. The highest BCUT2D eigenvalue weighted by Crippen LogP contribution is 2.71. The number of benzene rings is 2. The highest BCUT2D eigenvalue weighted by Gasteiger charge is 2.77. The molecule has 3 N–H and O–H groups in total. The van der Waals surface area contributed by atoms with Crippen LogP contribution in [-0.4, -0.2) is 63.0 Å². The molecule has 1 spiro atoms. The Bertz CT molecular complexity index is 1240. The van der Waals surface area contributed by atoms with Crippen LogP contribution in [0.25, 0.3) is 0 Å². The number of nitrogens with one attached hydrogen (secondary N) is 2. The van der Waals surface area contributed by atoms with Gasteiger partial charge in [-0.2, -0.15) is 0 Å². The van der Waals surface area contributed by atoms with Crippen molar-refractivity contribution < 1.29 is 24.2 Å². The Morgan fingerprint density at radius 2 is 1.76 bits per heavy atom. The second-order valence-electron chi connectivity index (χ2n) is 11.5. The summed E-state index contributed by atoms with van der Waals surface area (Å²) in [7, 11) is 0. The Balaban J connectivity index is 1.39. The van der Waals surface area contributed by atoms with Crippen LogP contribution in [0, 0.1) is 11.8 Å². The maximum Gasteiger partial charge on any atom is 0.244 e. The van der Waals surface area contributed by atoms with Crippen LogP contribution in [0.4, 0.5) is 5.69 Å². The first kappa shape index (κ1) is 29.5. The van der Waals surface area contributed by atoms with E-state index >= 15 is 0 Å². The maximum absolute atomic E-state index is 14.2. The number of rotatable bonds is 13. The van der Waals surface area contributed by atoms with E-state index in [1.807, 2.05) is 61.5 Å². The van der Waals surface area contributed by atoms with Gasteiger partial charge in [-0.25, -0.2) is 0 Å². The molecule has 9 heteroatoms. The molecule has 3 amide bonds. The van der Waals surface area contributed by atoms with Gasteiger partial charge in [-0.15, -0.1) is 11.8 Å². The van der Waals surface area contributed by atoms with E-state index < -0.39 is 27.4 Å².